The van der Waals surface area contributed by atoms with Crippen LogP contribution in [0.5, 0.6) is 5.75 Å². The van der Waals surface area contributed by atoms with Gasteiger partial charge < -0.3 is 9.47 Å². The molecule has 16 heavy (non-hydrogen) atoms. The first-order valence-electron chi connectivity index (χ1n) is 4.15. The summed E-state index contributed by atoms with van der Waals surface area (Å²) in [6.45, 7) is 0. The molecule has 0 unspecified atom stereocenters. The first-order chi connectivity index (χ1) is 7.63. The zero-order valence-electron chi connectivity index (χ0n) is 8.60. The van der Waals surface area contributed by atoms with Crippen LogP contribution in [-0.4, -0.2) is 20.2 Å². The van der Waals surface area contributed by atoms with Gasteiger partial charge in [-0.05, 0) is 40.3 Å². The van der Waals surface area contributed by atoms with E-state index in [2.05, 4.69) is 14.8 Å². The highest BCUT2D eigenvalue weighted by Crippen LogP contribution is 2.31. The number of esters is 1. The Balaban J connectivity index is 3.37. The molecule has 0 amide bonds. The second-order valence-corrected chi connectivity index (χ2v) is 3.85. The van der Waals surface area contributed by atoms with Gasteiger partial charge in [0.2, 0.25) is 0 Å². The number of halogens is 1. The van der Waals surface area contributed by atoms with E-state index in [1.807, 2.05) is 22.6 Å². The van der Waals surface area contributed by atoms with Crippen molar-refractivity contribution in [1.82, 2.24) is 0 Å². The maximum absolute atomic E-state index is 11.4. The van der Waals surface area contributed by atoms with Crippen LogP contribution >= 0.6 is 22.6 Å². The van der Waals surface area contributed by atoms with Gasteiger partial charge in [0, 0.05) is 8.48 Å². The topological polar surface area (TPSA) is 84.3 Å². The van der Waals surface area contributed by atoms with Crippen molar-refractivity contribution in [3.05, 3.63) is 31.7 Å². The van der Waals surface area contributed by atoms with Gasteiger partial charge in [0.15, 0.2) is 0 Å². The number of carbonyl (C=O) groups is 1. The van der Waals surface area contributed by atoms with Crippen molar-refractivity contribution >= 4 is 34.2 Å². The van der Waals surface area contributed by atoms with E-state index in [1.165, 1.54) is 20.3 Å². The Morgan fingerprint density at radius 3 is 2.69 bits per heavy atom. The number of methoxy groups -OCH3 is 2. The van der Waals surface area contributed by atoms with Gasteiger partial charge in [0.1, 0.15) is 11.3 Å². The number of rotatable bonds is 3. The average molecular weight is 333 g/mol. The fraction of sp³-hybridized carbons (Fsp3) is 0.222. The molecule has 0 bridgehead atoms. The van der Waals surface area contributed by atoms with Gasteiger partial charge in [-0.3, -0.25) is 0 Å². The standard InChI is InChI=1S/C9H8IN3O3/c1-15-8-4-7(12-13-11)6(10)3-5(8)9(14)16-2/h3-4H,1-2H3. The third-order valence-electron chi connectivity index (χ3n) is 1.83. The molecule has 1 aromatic rings. The highest BCUT2D eigenvalue weighted by Gasteiger charge is 2.15. The Labute approximate surface area is 105 Å². The van der Waals surface area contributed by atoms with E-state index in [4.69, 9.17) is 10.3 Å². The largest absolute Gasteiger partial charge is 0.496 e. The molecule has 6 nitrogen and oxygen atoms in total. The zero-order valence-corrected chi connectivity index (χ0v) is 10.8. The van der Waals surface area contributed by atoms with Crippen LogP contribution in [0.15, 0.2) is 17.2 Å². The monoisotopic (exact) mass is 333 g/mol. The second kappa shape index (κ2) is 5.57. The van der Waals surface area contributed by atoms with Crippen molar-refractivity contribution in [3.63, 3.8) is 0 Å². The number of azide groups is 1. The van der Waals surface area contributed by atoms with Crippen molar-refractivity contribution in [2.24, 2.45) is 5.11 Å². The van der Waals surface area contributed by atoms with Gasteiger partial charge in [0.25, 0.3) is 0 Å². The lowest BCUT2D eigenvalue weighted by molar-refractivity contribution is 0.0597. The number of hydrogen-bond donors (Lipinski definition) is 0. The maximum Gasteiger partial charge on any atom is 0.341 e. The lowest BCUT2D eigenvalue weighted by Crippen LogP contribution is -2.04. The lowest BCUT2D eigenvalue weighted by Gasteiger charge is -2.08. The van der Waals surface area contributed by atoms with E-state index in [9.17, 15) is 4.79 Å². The Morgan fingerprint density at radius 1 is 1.50 bits per heavy atom. The minimum atomic E-state index is -0.498. The molecule has 0 atom stereocenters. The molecule has 0 aliphatic carbocycles. The number of benzene rings is 1. The molecule has 0 N–H and O–H groups in total. The molecule has 0 heterocycles. The summed E-state index contributed by atoms with van der Waals surface area (Å²) in [5.41, 5.74) is 9.06. The summed E-state index contributed by atoms with van der Waals surface area (Å²) in [4.78, 5) is 14.1. The summed E-state index contributed by atoms with van der Waals surface area (Å²) in [7, 11) is 2.71. The minimum Gasteiger partial charge on any atom is -0.496 e. The van der Waals surface area contributed by atoms with Crippen LogP contribution < -0.4 is 4.74 Å². The Morgan fingerprint density at radius 2 is 2.19 bits per heavy atom. The molecule has 0 aromatic heterocycles. The van der Waals surface area contributed by atoms with Crippen LogP contribution in [0.2, 0.25) is 0 Å². The second-order valence-electron chi connectivity index (χ2n) is 2.68. The molecule has 7 heteroatoms. The first-order valence-corrected chi connectivity index (χ1v) is 5.22. The maximum atomic E-state index is 11.4. The van der Waals surface area contributed by atoms with Crippen molar-refractivity contribution in [2.75, 3.05) is 14.2 Å². The Hall–Kier alpha value is -1.47. The van der Waals surface area contributed by atoms with Crippen molar-refractivity contribution in [1.29, 1.82) is 0 Å². The van der Waals surface area contributed by atoms with E-state index < -0.39 is 5.97 Å². The van der Waals surface area contributed by atoms with Crippen LogP contribution in [0, 0.1) is 3.57 Å². The molecule has 0 fully saturated rings. The highest BCUT2D eigenvalue weighted by atomic mass is 127. The van der Waals surface area contributed by atoms with Crippen LogP contribution in [0.4, 0.5) is 5.69 Å². The Bertz CT molecular complexity index is 469. The lowest BCUT2D eigenvalue weighted by atomic mass is 10.2. The van der Waals surface area contributed by atoms with E-state index >= 15 is 0 Å². The van der Waals surface area contributed by atoms with Crippen molar-refractivity contribution in [2.45, 2.75) is 0 Å². The number of carbonyl (C=O) groups excluding carboxylic acids is 1. The van der Waals surface area contributed by atoms with Gasteiger partial charge in [-0.1, -0.05) is 5.11 Å². The van der Waals surface area contributed by atoms with Gasteiger partial charge >= 0.3 is 5.97 Å². The molecule has 0 radical (unpaired) electrons. The summed E-state index contributed by atoms with van der Waals surface area (Å²) in [6.07, 6.45) is 0. The summed E-state index contributed by atoms with van der Waals surface area (Å²) < 4.78 is 10.3. The van der Waals surface area contributed by atoms with Gasteiger partial charge in [0.05, 0.1) is 19.9 Å². The molecule has 0 spiro atoms. The molecular weight excluding hydrogens is 325 g/mol. The van der Waals surface area contributed by atoms with Crippen LogP contribution in [0.3, 0.4) is 0 Å². The van der Waals surface area contributed by atoms with Gasteiger partial charge in [-0.15, -0.1) is 0 Å². The zero-order chi connectivity index (χ0) is 12.1. The van der Waals surface area contributed by atoms with Gasteiger partial charge in [-0.25, -0.2) is 4.79 Å². The third kappa shape index (κ3) is 2.56. The smallest absolute Gasteiger partial charge is 0.341 e. The molecule has 0 aliphatic rings. The molecule has 84 valence electrons. The fourth-order valence-electron chi connectivity index (χ4n) is 1.11. The summed E-state index contributed by atoms with van der Waals surface area (Å²) in [6, 6.07) is 3.04. The summed E-state index contributed by atoms with van der Waals surface area (Å²) in [5.74, 6) is -0.183. The van der Waals surface area contributed by atoms with Crippen LogP contribution in [-0.2, 0) is 4.74 Å². The molecule has 0 aliphatic heterocycles. The van der Waals surface area contributed by atoms with E-state index in [1.54, 1.807) is 6.07 Å². The predicted octanol–water partition coefficient (Wildman–Crippen LogP) is 3.03. The molecule has 0 saturated carbocycles. The normalized spacial score (nSPS) is 9.19. The van der Waals surface area contributed by atoms with Crippen LogP contribution in [0.25, 0.3) is 10.4 Å². The molecule has 1 aromatic carbocycles. The third-order valence-corrected chi connectivity index (χ3v) is 2.69. The SMILES string of the molecule is COC(=O)c1cc(I)c(N=[N+]=[N-])cc1OC. The summed E-state index contributed by atoms with van der Waals surface area (Å²) >= 11 is 1.96. The van der Waals surface area contributed by atoms with E-state index in [0.29, 0.717) is 20.6 Å². The van der Waals surface area contributed by atoms with Crippen LogP contribution in [0.1, 0.15) is 10.4 Å². The number of ether oxygens (including phenoxy) is 2. The molecular formula is C9H8IN3O3. The quantitative estimate of drug-likeness (QED) is 0.280. The van der Waals surface area contributed by atoms with E-state index in [0.717, 1.165) is 0 Å². The van der Waals surface area contributed by atoms with Crippen molar-refractivity contribution in [3.8, 4) is 5.75 Å². The first kappa shape index (κ1) is 12.6. The molecule has 1 rings (SSSR count). The Kier molecular flexibility index (Phi) is 4.39. The predicted molar refractivity (Wildman–Crippen MR) is 65.9 cm³/mol. The fourth-order valence-corrected chi connectivity index (χ4v) is 1.68. The van der Waals surface area contributed by atoms with E-state index in [-0.39, 0.29) is 0 Å². The van der Waals surface area contributed by atoms with Crippen molar-refractivity contribution < 1.29 is 14.3 Å². The summed E-state index contributed by atoms with van der Waals surface area (Å²) in [5, 5.41) is 3.48. The van der Waals surface area contributed by atoms with Gasteiger partial charge in [-0.2, -0.15) is 0 Å². The average Bonchev–Trinajstić information content (AvgIpc) is 2.30. The number of nitrogens with zero attached hydrogens (tertiary/aromatic N) is 3. The number of hydrogen-bond acceptors (Lipinski definition) is 4. The highest BCUT2D eigenvalue weighted by molar-refractivity contribution is 14.1. The minimum absolute atomic E-state index is 0.297. The molecule has 0 saturated heterocycles.